The molecule has 160 valence electrons. The number of esters is 1. The van der Waals surface area contributed by atoms with E-state index in [2.05, 4.69) is 10.3 Å². The van der Waals surface area contributed by atoms with Crippen LogP contribution in [0.4, 0.5) is 5.95 Å². The van der Waals surface area contributed by atoms with Crippen molar-refractivity contribution in [2.75, 3.05) is 11.9 Å². The summed E-state index contributed by atoms with van der Waals surface area (Å²) in [5.74, 6) is 0.938. The third-order valence-corrected chi connectivity index (χ3v) is 6.12. The van der Waals surface area contributed by atoms with Gasteiger partial charge in [-0.15, -0.1) is 5.10 Å². The summed E-state index contributed by atoms with van der Waals surface area (Å²) >= 11 is 7.61. The van der Waals surface area contributed by atoms with Crippen molar-refractivity contribution < 1.29 is 9.53 Å². The van der Waals surface area contributed by atoms with Gasteiger partial charge in [0, 0.05) is 16.5 Å². The van der Waals surface area contributed by atoms with Crippen LogP contribution in [0, 0.1) is 6.92 Å². The fraction of sp³-hybridized carbons (Fsp3) is 0.261. The molecule has 31 heavy (non-hydrogen) atoms. The molecule has 6 nitrogen and oxygen atoms in total. The van der Waals surface area contributed by atoms with E-state index in [-0.39, 0.29) is 5.97 Å². The molecular weight excluding hydrogens is 432 g/mol. The minimum absolute atomic E-state index is 0.307. The summed E-state index contributed by atoms with van der Waals surface area (Å²) in [4.78, 5) is 17.5. The number of carbonyl (C=O) groups excluding carboxylic acids is 1. The van der Waals surface area contributed by atoms with Crippen LogP contribution in [-0.4, -0.2) is 27.3 Å². The van der Waals surface area contributed by atoms with E-state index in [1.165, 1.54) is 11.8 Å². The molecular formula is C23H23ClN4O2S. The molecule has 1 aliphatic heterocycles. The predicted octanol–water partition coefficient (Wildman–Crippen LogP) is 5.38. The van der Waals surface area contributed by atoms with Gasteiger partial charge in [-0.05, 0) is 44.0 Å². The first-order chi connectivity index (χ1) is 15.0. The standard InChI is InChI=1S/C23H23ClN4O2S/c1-4-30-21(29)19-15(3)25-22-26-23(31-13-16-6-5-7-18(24)12-16)27-28(22)20(19)17-10-8-14(2)9-11-17/h5-12,20H,4,13H2,1-3H3,(H,25,26,27). The molecule has 1 N–H and O–H groups in total. The number of aryl methyl sites for hydroxylation is 1. The van der Waals surface area contributed by atoms with Crippen LogP contribution in [0.2, 0.25) is 5.02 Å². The number of halogens is 1. The van der Waals surface area contributed by atoms with Crippen molar-refractivity contribution in [3.8, 4) is 0 Å². The zero-order valence-electron chi connectivity index (χ0n) is 17.6. The number of anilines is 1. The number of nitrogens with zero attached hydrogens (tertiary/aromatic N) is 3. The molecule has 4 rings (SSSR count). The first-order valence-electron chi connectivity index (χ1n) is 10.0. The summed E-state index contributed by atoms with van der Waals surface area (Å²) < 4.78 is 7.12. The molecule has 0 saturated carbocycles. The lowest BCUT2D eigenvalue weighted by Crippen LogP contribution is -2.29. The first-order valence-corrected chi connectivity index (χ1v) is 11.4. The fourth-order valence-electron chi connectivity index (χ4n) is 3.50. The summed E-state index contributed by atoms with van der Waals surface area (Å²) in [6, 6.07) is 15.4. The van der Waals surface area contributed by atoms with E-state index in [4.69, 9.17) is 21.4 Å². The van der Waals surface area contributed by atoms with Crippen LogP contribution >= 0.6 is 23.4 Å². The van der Waals surface area contributed by atoms with E-state index >= 15 is 0 Å². The van der Waals surface area contributed by atoms with Gasteiger partial charge in [0.25, 0.3) is 0 Å². The zero-order valence-corrected chi connectivity index (χ0v) is 19.1. The van der Waals surface area contributed by atoms with E-state index < -0.39 is 6.04 Å². The van der Waals surface area contributed by atoms with Crippen molar-refractivity contribution in [1.82, 2.24) is 14.8 Å². The third kappa shape index (κ3) is 4.62. The Hall–Kier alpha value is -2.77. The maximum absolute atomic E-state index is 12.8. The van der Waals surface area contributed by atoms with E-state index in [0.29, 0.717) is 34.1 Å². The molecule has 0 radical (unpaired) electrons. The number of hydrogen-bond acceptors (Lipinski definition) is 6. The van der Waals surface area contributed by atoms with Crippen molar-refractivity contribution in [3.05, 3.63) is 81.5 Å². The van der Waals surface area contributed by atoms with Crippen LogP contribution in [0.1, 0.15) is 36.6 Å². The smallest absolute Gasteiger partial charge is 0.338 e. The highest BCUT2D eigenvalue weighted by molar-refractivity contribution is 7.98. The van der Waals surface area contributed by atoms with E-state index in [9.17, 15) is 4.79 Å². The molecule has 3 aromatic rings. The second kappa shape index (κ2) is 9.16. The number of hydrogen-bond donors (Lipinski definition) is 1. The molecule has 1 atom stereocenters. The van der Waals surface area contributed by atoms with Gasteiger partial charge in [-0.1, -0.05) is 65.3 Å². The molecule has 1 unspecified atom stereocenters. The second-order valence-electron chi connectivity index (χ2n) is 7.28. The van der Waals surface area contributed by atoms with Gasteiger partial charge in [-0.25, -0.2) is 9.48 Å². The molecule has 2 aromatic carbocycles. The minimum atomic E-state index is -0.413. The topological polar surface area (TPSA) is 69.0 Å². The molecule has 0 fully saturated rings. The summed E-state index contributed by atoms with van der Waals surface area (Å²) in [7, 11) is 0. The van der Waals surface area contributed by atoms with Crippen LogP contribution < -0.4 is 5.32 Å². The Bertz CT molecular complexity index is 1140. The highest BCUT2D eigenvalue weighted by Gasteiger charge is 2.35. The van der Waals surface area contributed by atoms with E-state index in [1.54, 1.807) is 11.6 Å². The van der Waals surface area contributed by atoms with Gasteiger partial charge in [0.15, 0.2) is 0 Å². The summed E-state index contributed by atoms with van der Waals surface area (Å²) in [6.45, 7) is 6.01. The van der Waals surface area contributed by atoms with E-state index in [0.717, 1.165) is 22.4 Å². The largest absolute Gasteiger partial charge is 0.463 e. The summed E-state index contributed by atoms with van der Waals surface area (Å²) in [5.41, 5.74) is 4.44. The van der Waals surface area contributed by atoms with Crippen LogP contribution in [0.5, 0.6) is 0 Å². The first kappa shape index (κ1) is 21.5. The number of carbonyl (C=O) groups is 1. The molecule has 0 aliphatic carbocycles. The number of allylic oxidation sites excluding steroid dienone is 1. The van der Waals surface area contributed by atoms with Crippen molar-refractivity contribution in [2.45, 2.75) is 37.7 Å². The number of fused-ring (bicyclic) bond motifs is 1. The van der Waals surface area contributed by atoms with Crippen LogP contribution in [0.3, 0.4) is 0 Å². The van der Waals surface area contributed by atoms with Crippen LogP contribution in [-0.2, 0) is 15.3 Å². The van der Waals surface area contributed by atoms with Crippen molar-refractivity contribution in [1.29, 1.82) is 0 Å². The Morgan fingerprint density at radius 1 is 1.23 bits per heavy atom. The maximum atomic E-state index is 12.8. The lowest BCUT2D eigenvalue weighted by Gasteiger charge is -2.28. The number of thioether (sulfide) groups is 1. The SMILES string of the molecule is CCOC(=O)C1=C(C)Nc2nc(SCc3cccc(Cl)c3)nn2C1c1ccc(C)cc1. The van der Waals surface area contributed by atoms with Crippen molar-refractivity contribution >= 4 is 35.3 Å². The van der Waals surface area contributed by atoms with Gasteiger partial charge >= 0.3 is 5.97 Å². The highest BCUT2D eigenvalue weighted by Crippen LogP contribution is 2.37. The lowest BCUT2D eigenvalue weighted by molar-refractivity contribution is -0.139. The van der Waals surface area contributed by atoms with Crippen LogP contribution in [0.25, 0.3) is 0 Å². The fourth-order valence-corrected chi connectivity index (χ4v) is 4.48. The molecule has 0 bridgehead atoms. The van der Waals surface area contributed by atoms with Gasteiger partial charge < -0.3 is 10.1 Å². The second-order valence-corrected chi connectivity index (χ2v) is 8.66. The molecule has 0 spiro atoms. The Kier molecular flexibility index (Phi) is 6.34. The Morgan fingerprint density at radius 2 is 2.00 bits per heavy atom. The average molecular weight is 455 g/mol. The van der Waals surface area contributed by atoms with Gasteiger partial charge in [-0.2, -0.15) is 4.98 Å². The summed E-state index contributed by atoms with van der Waals surface area (Å²) in [5, 5.41) is 9.28. The lowest BCUT2D eigenvalue weighted by atomic mass is 9.95. The number of nitrogens with one attached hydrogen (secondary N) is 1. The Balaban J connectivity index is 1.68. The molecule has 2 heterocycles. The normalized spacial score (nSPS) is 15.4. The number of benzene rings is 2. The zero-order chi connectivity index (χ0) is 22.0. The number of aromatic nitrogens is 3. The Morgan fingerprint density at radius 3 is 2.71 bits per heavy atom. The van der Waals surface area contributed by atoms with E-state index in [1.807, 2.05) is 62.4 Å². The molecule has 1 aliphatic rings. The minimum Gasteiger partial charge on any atom is -0.463 e. The highest BCUT2D eigenvalue weighted by atomic mass is 35.5. The molecule has 8 heteroatoms. The van der Waals surface area contributed by atoms with Gasteiger partial charge in [0.05, 0.1) is 12.2 Å². The summed E-state index contributed by atoms with van der Waals surface area (Å²) in [6.07, 6.45) is 0. The van der Waals surface area contributed by atoms with Gasteiger partial charge in [0.2, 0.25) is 11.1 Å². The third-order valence-electron chi connectivity index (χ3n) is 4.98. The van der Waals surface area contributed by atoms with Crippen molar-refractivity contribution in [3.63, 3.8) is 0 Å². The van der Waals surface area contributed by atoms with Gasteiger partial charge in [0.1, 0.15) is 6.04 Å². The number of ether oxygens (including phenoxy) is 1. The molecule has 0 amide bonds. The van der Waals surface area contributed by atoms with Gasteiger partial charge in [-0.3, -0.25) is 0 Å². The molecule has 1 aromatic heterocycles. The number of rotatable bonds is 6. The monoisotopic (exact) mass is 454 g/mol. The molecule has 0 saturated heterocycles. The van der Waals surface area contributed by atoms with Crippen molar-refractivity contribution in [2.24, 2.45) is 0 Å². The average Bonchev–Trinajstić information content (AvgIpc) is 3.14. The van der Waals surface area contributed by atoms with Crippen LogP contribution in [0.15, 0.2) is 65.0 Å². The Labute approximate surface area is 190 Å². The maximum Gasteiger partial charge on any atom is 0.338 e. The quantitative estimate of drug-likeness (QED) is 0.398. The predicted molar refractivity (Wildman–Crippen MR) is 123 cm³/mol.